The van der Waals surface area contributed by atoms with Crippen molar-refractivity contribution in [1.82, 2.24) is 4.90 Å². The van der Waals surface area contributed by atoms with Crippen LogP contribution >= 0.6 is 0 Å². The fraction of sp³-hybridized carbons (Fsp3) is 0.842. The largest absolute Gasteiger partial charge is 0.478 e. The number of carbonyl (C=O) groups is 2. The third kappa shape index (κ3) is 4.49. The summed E-state index contributed by atoms with van der Waals surface area (Å²) in [7, 11) is 0. The minimum Gasteiger partial charge on any atom is -0.478 e. The fourth-order valence-electron chi connectivity index (χ4n) is 13.9. The number of fused-ring (bicyclic) bond motifs is 1. The molecule has 0 aromatic carbocycles. The van der Waals surface area contributed by atoms with E-state index in [4.69, 9.17) is 18.9 Å². The molecule has 9 aliphatic rings. The van der Waals surface area contributed by atoms with E-state index in [2.05, 4.69) is 18.7 Å². The van der Waals surface area contributed by atoms with Crippen LogP contribution in [-0.2, 0) is 28.5 Å². The zero-order chi connectivity index (χ0) is 35.8. The standard InChI is InChI=1S/C38H53NO12/c1-17-12-39-13-20-5-4-19-6-8-25-23(11-37(38(19,25)47)31(39)21(17)9-10-36(20,37)2)33(46)48-16-26-28(41)29(42)30(43)35(50-26)51-34-27-18(14-40)3-7-22(27)24(15-49-34)32(44)45/h3,15,17,19-23,25-31,34-35,40-43,47H,4-14,16H2,1-2H3,(H,44,45)/t17-,19+,20+,21-,22-,23-,25-,26+,27-,28+,29-,30+,31+,34+,35-,36+,37+,38+/m1/s1. The molecule has 0 aromatic rings. The first kappa shape index (κ1) is 34.7. The molecule has 13 heteroatoms. The summed E-state index contributed by atoms with van der Waals surface area (Å²) in [5, 5.41) is 65.6. The number of allylic oxidation sites excluding steroid dienone is 1. The summed E-state index contributed by atoms with van der Waals surface area (Å²) >= 11 is 0. The molecule has 5 aliphatic carbocycles. The lowest BCUT2D eigenvalue weighted by Gasteiger charge is -2.68. The van der Waals surface area contributed by atoms with Gasteiger partial charge in [0, 0.05) is 36.4 Å². The van der Waals surface area contributed by atoms with Gasteiger partial charge in [-0.1, -0.05) is 19.9 Å². The van der Waals surface area contributed by atoms with Crippen molar-refractivity contribution in [2.24, 2.45) is 58.2 Å². The van der Waals surface area contributed by atoms with Crippen molar-refractivity contribution in [3.05, 3.63) is 23.5 Å². The van der Waals surface area contributed by atoms with Crippen LogP contribution in [0.5, 0.6) is 0 Å². The molecule has 4 saturated carbocycles. The van der Waals surface area contributed by atoms with Gasteiger partial charge in [-0.2, -0.15) is 0 Å². The molecule has 4 heterocycles. The Morgan fingerprint density at radius 2 is 1.78 bits per heavy atom. The molecule has 4 bridgehead atoms. The molecule has 0 unspecified atom stereocenters. The van der Waals surface area contributed by atoms with Gasteiger partial charge >= 0.3 is 11.9 Å². The predicted molar refractivity (Wildman–Crippen MR) is 176 cm³/mol. The van der Waals surface area contributed by atoms with Gasteiger partial charge in [-0.05, 0) is 86.0 Å². The molecule has 3 saturated heterocycles. The summed E-state index contributed by atoms with van der Waals surface area (Å²) < 4.78 is 23.6. The molecule has 13 nitrogen and oxygen atoms in total. The number of carboxylic acid groups (broad SMARTS) is 1. The Bertz CT molecular complexity index is 1520. The lowest BCUT2D eigenvalue weighted by atomic mass is 9.41. The van der Waals surface area contributed by atoms with Crippen molar-refractivity contribution in [3.8, 4) is 0 Å². The normalized spacial score (nSPS) is 53.7. The van der Waals surface area contributed by atoms with Crippen LogP contribution < -0.4 is 0 Å². The second-order valence-electron chi connectivity index (χ2n) is 17.7. The van der Waals surface area contributed by atoms with Gasteiger partial charge in [-0.25, -0.2) is 4.79 Å². The van der Waals surface area contributed by atoms with E-state index >= 15 is 0 Å². The molecule has 1 spiro atoms. The molecule has 7 fully saturated rings. The van der Waals surface area contributed by atoms with E-state index in [9.17, 15) is 40.2 Å². The maximum Gasteiger partial charge on any atom is 0.335 e. The van der Waals surface area contributed by atoms with Crippen LogP contribution in [0.4, 0.5) is 0 Å². The predicted octanol–water partition coefficient (Wildman–Crippen LogP) is 1.16. The maximum absolute atomic E-state index is 14.3. The van der Waals surface area contributed by atoms with E-state index in [0.717, 1.165) is 57.9 Å². The van der Waals surface area contributed by atoms with Crippen molar-refractivity contribution in [1.29, 1.82) is 0 Å². The first-order valence-electron chi connectivity index (χ1n) is 19.2. The molecule has 6 N–H and O–H groups in total. The van der Waals surface area contributed by atoms with Crippen LogP contribution in [0.3, 0.4) is 0 Å². The molecular formula is C38H53NO12. The van der Waals surface area contributed by atoms with Crippen molar-refractivity contribution in [2.75, 3.05) is 26.3 Å². The Hall–Kier alpha value is -2.10. The number of aliphatic hydroxyl groups excluding tert-OH is 4. The Morgan fingerprint density at radius 3 is 2.55 bits per heavy atom. The zero-order valence-electron chi connectivity index (χ0n) is 29.4. The fourth-order valence-corrected chi connectivity index (χ4v) is 13.9. The Kier molecular flexibility index (Phi) is 8.12. The van der Waals surface area contributed by atoms with E-state index in [1.54, 1.807) is 6.08 Å². The number of nitrogens with zero attached hydrogens (tertiary/aromatic N) is 1. The van der Waals surface area contributed by atoms with E-state index in [0.29, 0.717) is 36.2 Å². The van der Waals surface area contributed by atoms with E-state index in [1.165, 1.54) is 0 Å². The molecule has 9 rings (SSSR count). The van der Waals surface area contributed by atoms with Crippen molar-refractivity contribution in [2.45, 2.75) is 114 Å². The Morgan fingerprint density at radius 1 is 1.02 bits per heavy atom. The van der Waals surface area contributed by atoms with E-state index in [1.807, 2.05) is 0 Å². The molecule has 0 aromatic heterocycles. The summed E-state index contributed by atoms with van der Waals surface area (Å²) in [5.74, 6) is -1.84. The second-order valence-corrected chi connectivity index (χ2v) is 17.7. The summed E-state index contributed by atoms with van der Waals surface area (Å²) in [6, 6.07) is 0.244. The average Bonchev–Trinajstić information content (AvgIpc) is 3.83. The molecule has 0 amide bonds. The van der Waals surface area contributed by atoms with Crippen LogP contribution in [0.25, 0.3) is 0 Å². The van der Waals surface area contributed by atoms with Crippen LogP contribution in [0.2, 0.25) is 0 Å². The lowest BCUT2D eigenvalue weighted by Crippen LogP contribution is -2.73. The summed E-state index contributed by atoms with van der Waals surface area (Å²) in [6.07, 6.45) is 0.854. The average molecular weight is 716 g/mol. The number of aliphatic carboxylic acids is 1. The molecule has 51 heavy (non-hydrogen) atoms. The molecule has 0 radical (unpaired) electrons. The van der Waals surface area contributed by atoms with Gasteiger partial charge in [0.2, 0.25) is 6.29 Å². The topological polar surface area (TPSA) is 196 Å². The van der Waals surface area contributed by atoms with Gasteiger partial charge in [0.15, 0.2) is 6.29 Å². The number of carbonyl (C=O) groups excluding carboxylic acids is 1. The Labute approximate surface area is 297 Å². The van der Waals surface area contributed by atoms with Crippen molar-refractivity contribution >= 4 is 11.9 Å². The number of hydrogen-bond acceptors (Lipinski definition) is 12. The molecule has 4 aliphatic heterocycles. The maximum atomic E-state index is 14.3. The lowest BCUT2D eigenvalue weighted by molar-refractivity contribution is -0.340. The number of piperidine rings is 1. The third-order valence-corrected chi connectivity index (χ3v) is 16.1. The SMILES string of the molecule is C[C@@H]1CN2C[C@@H]3CC[C@H]4CC[C@@H]5[C@H](C(=O)OC[C@@H]6O[C@H](O[C@@H]7OC=C(C(=O)O)[C@H]8CC=C(CO)[C@@H]78)[C@@H](O)[C@H](O)[C@H]6O)C[C@@]6([C@@H]2[C@@H]1CC[C@@]36C)[C@]45O. The minimum absolute atomic E-state index is 0.0331. The third-order valence-electron chi connectivity index (χ3n) is 16.1. The highest BCUT2D eigenvalue weighted by atomic mass is 16.8. The highest BCUT2D eigenvalue weighted by Gasteiger charge is 2.82. The van der Waals surface area contributed by atoms with Gasteiger partial charge in [-0.3, -0.25) is 9.69 Å². The number of aliphatic hydroxyl groups is 5. The van der Waals surface area contributed by atoms with Gasteiger partial charge in [0.05, 0.1) is 35.9 Å². The highest BCUT2D eigenvalue weighted by molar-refractivity contribution is 5.87. The van der Waals surface area contributed by atoms with Crippen LogP contribution in [0.1, 0.15) is 65.2 Å². The smallest absolute Gasteiger partial charge is 0.335 e. The number of ether oxygens (including phenoxy) is 4. The minimum atomic E-state index is -1.70. The van der Waals surface area contributed by atoms with Crippen LogP contribution in [-0.4, -0.2) is 122 Å². The van der Waals surface area contributed by atoms with Gasteiger partial charge in [-0.15, -0.1) is 0 Å². The van der Waals surface area contributed by atoms with E-state index in [-0.39, 0.29) is 35.5 Å². The quantitative estimate of drug-likeness (QED) is 0.163. The number of hydrogen-bond donors (Lipinski definition) is 6. The van der Waals surface area contributed by atoms with Crippen LogP contribution in [0.15, 0.2) is 23.5 Å². The number of rotatable bonds is 7. The molecule has 282 valence electrons. The number of esters is 1. The second kappa shape index (κ2) is 11.9. The first-order chi connectivity index (χ1) is 24.4. The number of carboxylic acids is 1. The molecule has 18 atom stereocenters. The molecular weight excluding hydrogens is 662 g/mol. The summed E-state index contributed by atoms with van der Waals surface area (Å²) in [6.45, 7) is 6.13. The Balaban J connectivity index is 0.942. The first-order valence-corrected chi connectivity index (χ1v) is 19.2. The zero-order valence-corrected chi connectivity index (χ0v) is 29.4. The van der Waals surface area contributed by atoms with Gasteiger partial charge in [0.25, 0.3) is 0 Å². The van der Waals surface area contributed by atoms with Crippen molar-refractivity contribution in [3.63, 3.8) is 0 Å². The van der Waals surface area contributed by atoms with Crippen LogP contribution in [0, 0.1) is 58.2 Å². The highest BCUT2D eigenvalue weighted by Crippen LogP contribution is 2.79. The van der Waals surface area contributed by atoms with E-state index < -0.39 is 84.3 Å². The summed E-state index contributed by atoms with van der Waals surface area (Å²) in [5.41, 5.74) is -0.878. The van der Waals surface area contributed by atoms with Gasteiger partial charge < -0.3 is 49.6 Å². The monoisotopic (exact) mass is 715 g/mol. The van der Waals surface area contributed by atoms with Crippen molar-refractivity contribution < 1.29 is 59.2 Å². The summed E-state index contributed by atoms with van der Waals surface area (Å²) in [4.78, 5) is 28.8. The van der Waals surface area contributed by atoms with Gasteiger partial charge in [0.1, 0.15) is 31.0 Å².